The highest BCUT2D eigenvalue weighted by molar-refractivity contribution is 7.99. The fourth-order valence-corrected chi connectivity index (χ4v) is 1.90. The molecule has 0 bridgehead atoms. The molecular weight excluding hydrogens is 202 g/mol. The number of nitrogens with two attached hydrogens (primary N) is 1. The Morgan fingerprint density at radius 3 is 2.20 bits per heavy atom. The molecule has 0 amide bonds. The largest absolute Gasteiger partial charge is 0.330 e. The summed E-state index contributed by atoms with van der Waals surface area (Å²) in [6.45, 7) is 6.96. The number of hydrogen-bond acceptors (Lipinski definition) is 2. The van der Waals surface area contributed by atoms with Crippen LogP contribution in [-0.4, -0.2) is 12.3 Å². The zero-order valence-electron chi connectivity index (χ0n) is 10.1. The lowest BCUT2D eigenvalue weighted by Gasteiger charge is -2.01. The van der Waals surface area contributed by atoms with Gasteiger partial charge in [-0.2, -0.15) is 0 Å². The molecule has 2 heteroatoms. The normalized spacial score (nSPS) is 9.33. The number of hydrogen-bond donors (Lipinski definition) is 1. The van der Waals surface area contributed by atoms with Crippen molar-refractivity contribution >= 4 is 11.8 Å². The zero-order valence-corrected chi connectivity index (χ0v) is 10.9. The van der Waals surface area contributed by atoms with E-state index in [0.29, 0.717) is 0 Å². The van der Waals surface area contributed by atoms with Crippen molar-refractivity contribution in [2.75, 3.05) is 12.3 Å². The monoisotopic (exact) mass is 225 g/mol. The molecule has 1 aromatic carbocycles. The van der Waals surface area contributed by atoms with E-state index in [1.807, 2.05) is 25.6 Å². The number of thioether (sulfide) groups is 1. The Bertz CT molecular complexity index is 231. The van der Waals surface area contributed by atoms with Crippen molar-refractivity contribution in [2.45, 2.75) is 38.5 Å². The second-order valence-electron chi connectivity index (χ2n) is 3.03. The van der Waals surface area contributed by atoms with Gasteiger partial charge in [-0.05, 0) is 24.1 Å². The van der Waals surface area contributed by atoms with Crippen LogP contribution >= 0.6 is 11.8 Å². The predicted molar refractivity (Wildman–Crippen MR) is 71.6 cm³/mol. The van der Waals surface area contributed by atoms with Crippen LogP contribution in [0.1, 0.15) is 32.8 Å². The lowest BCUT2D eigenvalue weighted by molar-refractivity contribution is 0.920. The van der Waals surface area contributed by atoms with Gasteiger partial charge in [0.15, 0.2) is 0 Å². The van der Waals surface area contributed by atoms with Gasteiger partial charge < -0.3 is 5.73 Å². The molecule has 1 aromatic rings. The molecule has 0 aliphatic rings. The molecule has 0 unspecified atom stereocenters. The van der Waals surface area contributed by atoms with Gasteiger partial charge in [-0.3, -0.25) is 0 Å². The van der Waals surface area contributed by atoms with Gasteiger partial charge in [0, 0.05) is 17.2 Å². The van der Waals surface area contributed by atoms with Gasteiger partial charge in [0.25, 0.3) is 0 Å². The Labute approximate surface area is 98.5 Å². The molecule has 0 heterocycles. The van der Waals surface area contributed by atoms with Crippen molar-refractivity contribution in [3.05, 3.63) is 29.8 Å². The Hall–Kier alpha value is -0.470. The summed E-state index contributed by atoms with van der Waals surface area (Å²) in [6, 6.07) is 8.79. The third-order valence-electron chi connectivity index (χ3n) is 1.85. The molecule has 0 saturated carbocycles. The molecule has 1 nitrogen and oxygen atoms in total. The summed E-state index contributed by atoms with van der Waals surface area (Å²) >= 11 is 1.82. The minimum atomic E-state index is 0.751. The maximum Gasteiger partial charge on any atom is 0.0103 e. The van der Waals surface area contributed by atoms with Crippen molar-refractivity contribution in [1.29, 1.82) is 0 Å². The van der Waals surface area contributed by atoms with E-state index in [4.69, 9.17) is 5.73 Å². The van der Waals surface area contributed by atoms with Crippen molar-refractivity contribution < 1.29 is 0 Å². The van der Waals surface area contributed by atoms with Gasteiger partial charge in [-0.1, -0.05) is 39.3 Å². The van der Waals surface area contributed by atoms with Gasteiger partial charge >= 0.3 is 0 Å². The summed E-state index contributed by atoms with van der Waals surface area (Å²) in [5.41, 5.74) is 6.86. The molecular formula is C13H23NS. The fourth-order valence-electron chi connectivity index (χ4n) is 1.22. The summed E-state index contributed by atoms with van der Waals surface area (Å²) in [4.78, 5) is 1.32. The standard InChI is InChI=1S/C11H17NS.C2H6/c1-2-3-10-4-6-11(7-5-10)13-9-8-12;1-2/h4-7H,2-3,8-9,12H2,1H3;1-2H3. The first-order valence-electron chi connectivity index (χ1n) is 5.78. The lowest BCUT2D eigenvalue weighted by atomic mass is 10.1. The molecule has 0 fully saturated rings. The summed E-state index contributed by atoms with van der Waals surface area (Å²) in [7, 11) is 0. The second kappa shape index (κ2) is 10.1. The van der Waals surface area contributed by atoms with Gasteiger partial charge in [-0.15, -0.1) is 11.8 Å². The van der Waals surface area contributed by atoms with Crippen molar-refractivity contribution in [2.24, 2.45) is 5.73 Å². The van der Waals surface area contributed by atoms with Gasteiger partial charge in [0.05, 0.1) is 0 Å². The summed E-state index contributed by atoms with van der Waals surface area (Å²) in [5.74, 6) is 1.01. The molecule has 86 valence electrons. The van der Waals surface area contributed by atoms with Crippen LogP contribution < -0.4 is 5.73 Å². The van der Waals surface area contributed by atoms with E-state index in [1.54, 1.807) is 0 Å². The van der Waals surface area contributed by atoms with Crippen molar-refractivity contribution in [1.82, 2.24) is 0 Å². The molecule has 0 radical (unpaired) electrons. The first kappa shape index (κ1) is 14.5. The summed E-state index contributed by atoms with van der Waals surface area (Å²) in [6.07, 6.45) is 2.40. The van der Waals surface area contributed by atoms with E-state index in [1.165, 1.54) is 23.3 Å². The van der Waals surface area contributed by atoms with Crippen LogP contribution in [0.2, 0.25) is 0 Å². The topological polar surface area (TPSA) is 26.0 Å². The Balaban J connectivity index is 0.000000921. The smallest absolute Gasteiger partial charge is 0.0103 e. The number of rotatable bonds is 5. The summed E-state index contributed by atoms with van der Waals surface area (Å²) < 4.78 is 0. The fraction of sp³-hybridized carbons (Fsp3) is 0.538. The van der Waals surface area contributed by atoms with Crippen molar-refractivity contribution in [3.63, 3.8) is 0 Å². The Morgan fingerprint density at radius 1 is 1.13 bits per heavy atom. The quantitative estimate of drug-likeness (QED) is 0.773. The van der Waals surface area contributed by atoms with E-state index in [2.05, 4.69) is 31.2 Å². The Kier molecular flexibility index (Phi) is 9.75. The highest BCUT2D eigenvalue weighted by Crippen LogP contribution is 2.17. The van der Waals surface area contributed by atoms with E-state index >= 15 is 0 Å². The third kappa shape index (κ3) is 6.58. The minimum Gasteiger partial charge on any atom is -0.330 e. The maximum absolute atomic E-state index is 5.43. The molecule has 15 heavy (non-hydrogen) atoms. The van der Waals surface area contributed by atoms with Crippen LogP contribution in [0.4, 0.5) is 0 Å². The van der Waals surface area contributed by atoms with Gasteiger partial charge in [-0.25, -0.2) is 0 Å². The predicted octanol–water partition coefficient (Wildman–Crippen LogP) is 3.72. The second-order valence-corrected chi connectivity index (χ2v) is 4.20. The van der Waals surface area contributed by atoms with E-state index in [0.717, 1.165) is 12.3 Å². The van der Waals surface area contributed by atoms with E-state index in [9.17, 15) is 0 Å². The van der Waals surface area contributed by atoms with E-state index < -0.39 is 0 Å². The molecule has 0 aromatic heterocycles. The van der Waals surface area contributed by atoms with Crippen molar-refractivity contribution in [3.8, 4) is 0 Å². The molecule has 0 aliphatic carbocycles. The number of aryl methyl sites for hydroxylation is 1. The number of benzene rings is 1. The molecule has 0 saturated heterocycles. The van der Waals surface area contributed by atoms with Crippen LogP contribution in [0.3, 0.4) is 0 Å². The molecule has 1 rings (SSSR count). The molecule has 2 N–H and O–H groups in total. The van der Waals surface area contributed by atoms with Crippen LogP contribution in [0, 0.1) is 0 Å². The molecule has 0 spiro atoms. The zero-order chi connectivity index (χ0) is 11.5. The average Bonchev–Trinajstić information content (AvgIpc) is 2.31. The van der Waals surface area contributed by atoms with Crippen LogP contribution in [0.25, 0.3) is 0 Å². The van der Waals surface area contributed by atoms with E-state index in [-0.39, 0.29) is 0 Å². The first-order valence-corrected chi connectivity index (χ1v) is 6.77. The lowest BCUT2D eigenvalue weighted by Crippen LogP contribution is -2.00. The van der Waals surface area contributed by atoms with Gasteiger partial charge in [0.1, 0.15) is 0 Å². The third-order valence-corrected chi connectivity index (χ3v) is 2.89. The first-order chi connectivity index (χ1) is 7.36. The summed E-state index contributed by atoms with van der Waals surface area (Å²) in [5, 5.41) is 0. The average molecular weight is 225 g/mol. The highest BCUT2D eigenvalue weighted by Gasteiger charge is 1.93. The van der Waals surface area contributed by atoms with Crippen LogP contribution in [0.15, 0.2) is 29.2 Å². The molecule has 0 aliphatic heterocycles. The van der Waals surface area contributed by atoms with Crippen LogP contribution in [0.5, 0.6) is 0 Å². The van der Waals surface area contributed by atoms with Gasteiger partial charge in [0.2, 0.25) is 0 Å². The minimum absolute atomic E-state index is 0.751. The maximum atomic E-state index is 5.43. The highest BCUT2D eigenvalue weighted by atomic mass is 32.2. The Morgan fingerprint density at radius 2 is 1.73 bits per heavy atom. The molecule has 0 atom stereocenters. The SMILES string of the molecule is CC.CCCc1ccc(SCCN)cc1. The van der Waals surface area contributed by atoms with Crippen LogP contribution in [-0.2, 0) is 6.42 Å².